The first-order chi connectivity index (χ1) is 14.4. The van der Waals surface area contributed by atoms with Crippen molar-refractivity contribution in [1.29, 1.82) is 0 Å². The van der Waals surface area contributed by atoms with E-state index in [9.17, 15) is 23.6 Å². The second-order valence-corrected chi connectivity index (χ2v) is 6.65. The lowest BCUT2D eigenvalue weighted by molar-refractivity contribution is -0.152. The molecule has 2 aromatic heterocycles. The van der Waals surface area contributed by atoms with Crippen LogP contribution < -0.4 is 10.9 Å². The molecule has 1 N–H and O–H groups in total. The van der Waals surface area contributed by atoms with E-state index in [1.165, 1.54) is 30.5 Å². The SMILES string of the molecule is CCOC(=O)C(=O)Nc1scc2c(C(=O)OCC)nn(-c3ccccc3F)c(=O)c12. The number of hydrogen-bond donors (Lipinski definition) is 1. The fourth-order valence-electron chi connectivity index (χ4n) is 2.63. The van der Waals surface area contributed by atoms with Gasteiger partial charge in [-0.2, -0.15) is 9.78 Å². The Kier molecular flexibility index (Phi) is 6.21. The second kappa shape index (κ2) is 8.82. The minimum absolute atomic E-state index is 0.00550. The highest BCUT2D eigenvalue weighted by atomic mass is 32.1. The number of anilines is 1. The zero-order valence-electron chi connectivity index (χ0n) is 15.9. The summed E-state index contributed by atoms with van der Waals surface area (Å²) in [7, 11) is 0. The summed E-state index contributed by atoms with van der Waals surface area (Å²) in [4.78, 5) is 49.2. The molecule has 0 aliphatic rings. The average Bonchev–Trinajstić information content (AvgIpc) is 3.13. The van der Waals surface area contributed by atoms with E-state index in [1.54, 1.807) is 6.92 Å². The van der Waals surface area contributed by atoms with Crippen LogP contribution in [0.3, 0.4) is 0 Å². The van der Waals surface area contributed by atoms with Gasteiger partial charge in [-0.15, -0.1) is 11.3 Å². The monoisotopic (exact) mass is 433 g/mol. The molecule has 9 nitrogen and oxygen atoms in total. The fourth-order valence-corrected chi connectivity index (χ4v) is 3.56. The van der Waals surface area contributed by atoms with Crippen LogP contribution in [-0.4, -0.2) is 40.8 Å². The molecule has 0 saturated carbocycles. The van der Waals surface area contributed by atoms with E-state index in [1.807, 2.05) is 0 Å². The summed E-state index contributed by atoms with van der Waals surface area (Å²) in [5.41, 5.74) is -1.21. The van der Waals surface area contributed by atoms with Crippen LogP contribution in [0.2, 0.25) is 0 Å². The number of nitrogens with one attached hydrogen (secondary N) is 1. The zero-order chi connectivity index (χ0) is 21.8. The van der Waals surface area contributed by atoms with Gasteiger partial charge in [-0.1, -0.05) is 12.1 Å². The average molecular weight is 433 g/mol. The first kappa shape index (κ1) is 21.1. The maximum absolute atomic E-state index is 14.3. The number of halogens is 1. The highest BCUT2D eigenvalue weighted by Gasteiger charge is 2.25. The summed E-state index contributed by atoms with van der Waals surface area (Å²) in [6, 6.07) is 5.38. The Hall–Kier alpha value is -3.60. The summed E-state index contributed by atoms with van der Waals surface area (Å²) < 4.78 is 24.7. The molecule has 3 aromatic rings. The number of ether oxygens (including phenoxy) is 2. The number of amides is 1. The van der Waals surface area contributed by atoms with Gasteiger partial charge in [0.25, 0.3) is 5.56 Å². The van der Waals surface area contributed by atoms with Crippen LogP contribution >= 0.6 is 11.3 Å². The number of para-hydroxylation sites is 1. The van der Waals surface area contributed by atoms with Gasteiger partial charge in [0.1, 0.15) is 16.5 Å². The summed E-state index contributed by atoms with van der Waals surface area (Å²) in [5.74, 6) is -3.79. The molecule has 1 aromatic carbocycles. The lowest BCUT2D eigenvalue weighted by Crippen LogP contribution is -2.28. The molecule has 0 radical (unpaired) electrons. The maximum Gasteiger partial charge on any atom is 0.397 e. The van der Waals surface area contributed by atoms with Gasteiger partial charge in [0.05, 0.1) is 18.6 Å². The van der Waals surface area contributed by atoms with Gasteiger partial charge in [0, 0.05) is 10.8 Å². The Morgan fingerprint density at radius 3 is 2.53 bits per heavy atom. The number of aromatic nitrogens is 2. The Morgan fingerprint density at radius 1 is 1.17 bits per heavy atom. The smallest absolute Gasteiger partial charge is 0.397 e. The van der Waals surface area contributed by atoms with Crippen LogP contribution in [0.25, 0.3) is 16.5 Å². The van der Waals surface area contributed by atoms with Gasteiger partial charge in [-0.05, 0) is 26.0 Å². The van der Waals surface area contributed by atoms with Crippen molar-refractivity contribution >= 4 is 45.0 Å². The first-order valence-electron chi connectivity index (χ1n) is 8.83. The Morgan fingerprint density at radius 2 is 1.87 bits per heavy atom. The molecular formula is C19H16FN3O6S. The number of nitrogens with zero attached hydrogens (tertiary/aromatic N) is 2. The third-order valence-electron chi connectivity index (χ3n) is 3.89. The maximum atomic E-state index is 14.3. The van der Waals surface area contributed by atoms with E-state index in [0.717, 1.165) is 22.1 Å². The predicted octanol–water partition coefficient (Wildman–Crippen LogP) is 2.26. The topological polar surface area (TPSA) is 117 Å². The highest BCUT2D eigenvalue weighted by molar-refractivity contribution is 7.16. The molecule has 0 spiro atoms. The molecule has 0 unspecified atom stereocenters. The number of esters is 2. The first-order valence-corrected chi connectivity index (χ1v) is 9.71. The summed E-state index contributed by atoms with van der Waals surface area (Å²) >= 11 is 0.904. The molecule has 156 valence electrons. The van der Waals surface area contributed by atoms with Crippen LogP contribution in [0.4, 0.5) is 9.39 Å². The van der Waals surface area contributed by atoms with E-state index < -0.39 is 29.2 Å². The van der Waals surface area contributed by atoms with E-state index in [-0.39, 0.29) is 40.4 Å². The number of fused-ring (bicyclic) bond motifs is 1. The largest absolute Gasteiger partial charge is 0.461 e. The van der Waals surface area contributed by atoms with Crippen molar-refractivity contribution in [3.63, 3.8) is 0 Å². The lowest BCUT2D eigenvalue weighted by Gasteiger charge is -2.10. The van der Waals surface area contributed by atoms with Crippen LogP contribution in [0, 0.1) is 5.82 Å². The molecule has 0 atom stereocenters. The minimum atomic E-state index is -1.13. The summed E-state index contributed by atoms with van der Waals surface area (Å²) in [6.07, 6.45) is 0. The second-order valence-electron chi connectivity index (χ2n) is 5.77. The van der Waals surface area contributed by atoms with Crippen molar-refractivity contribution in [3.8, 4) is 5.69 Å². The van der Waals surface area contributed by atoms with Gasteiger partial charge in [-0.25, -0.2) is 14.0 Å². The molecule has 11 heteroatoms. The molecule has 30 heavy (non-hydrogen) atoms. The minimum Gasteiger partial charge on any atom is -0.461 e. The van der Waals surface area contributed by atoms with Crippen molar-refractivity contribution in [2.75, 3.05) is 18.5 Å². The van der Waals surface area contributed by atoms with E-state index in [0.29, 0.717) is 0 Å². The molecule has 0 bridgehead atoms. The number of rotatable bonds is 5. The van der Waals surface area contributed by atoms with Crippen molar-refractivity contribution in [2.24, 2.45) is 0 Å². The number of carbonyl (C=O) groups is 3. The zero-order valence-corrected chi connectivity index (χ0v) is 16.7. The lowest BCUT2D eigenvalue weighted by atomic mass is 10.2. The molecule has 0 aliphatic heterocycles. The summed E-state index contributed by atoms with van der Waals surface area (Å²) in [6.45, 7) is 3.18. The molecule has 0 aliphatic carbocycles. The number of thiophene rings is 1. The van der Waals surface area contributed by atoms with Crippen LogP contribution in [0.5, 0.6) is 0 Å². The van der Waals surface area contributed by atoms with Gasteiger partial charge in [0.2, 0.25) is 0 Å². The number of hydrogen-bond acceptors (Lipinski definition) is 8. The quantitative estimate of drug-likeness (QED) is 0.485. The molecule has 3 rings (SSSR count). The van der Waals surface area contributed by atoms with E-state index >= 15 is 0 Å². The van der Waals surface area contributed by atoms with Crippen LogP contribution in [0.15, 0.2) is 34.4 Å². The predicted molar refractivity (Wildman–Crippen MR) is 106 cm³/mol. The molecule has 0 fully saturated rings. The Balaban J connectivity index is 2.23. The van der Waals surface area contributed by atoms with Crippen LogP contribution in [0.1, 0.15) is 24.3 Å². The highest BCUT2D eigenvalue weighted by Crippen LogP contribution is 2.30. The normalized spacial score (nSPS) is 10.6. The van der Waals surface area contributed by atoms with E-state index in [2.05, 4.69) is 15.2 Å². The third kappa shape index (κ3) is 3.92. The molecule has 1 amide bonds. The third-order valence-corrected chi connectivity index (χ3v) is 4.79. The van der Waals surface area contributed by atoms with Crippen molar-refractivity contribution in [3.05, 3.63) is 51.5 Å². The van der Waals surface area contributed by atoms with Gasteiger partial charge < -0.3 is 14.8 Å². The fraction of sp³-hybridized carbons (Fsp3) is 0.211. The van der Waals surface area contributed by atoms with Crippen molar-refractivity contribution in [1.82, 2.24) is 9.78 Å². The van der Waals surface area contributed by atoms with Crippen LogP contribution in [-0.2, 0) is 19.1 Å². The van der Waals surface area contributed by atoms with E-state index in [4.69, 9.17) is 4.74 Å². The Labute approximate surface area is 173 Å². The van der Waals surface area contributed by atoms with Crippen molar-refractivity contribution < 1.29 is 28.2 Å². The van der Waals surface area contributed by atoms with Gasteiger partial charge >= 0.3 is 17.8 Å². The summed E-state index contributed by atoms with van der Waals surface area (Å²) in [5, 5.41) is 7.70. The number of carbonyl (C=O) groups excluding carboxylic acids is 3. The van der Waals surface area contributed by atoms with Gasteiger partial charge in [-0.3, -0.25) is 9.59 Å². The molecule has 0 saturated heterocycles. The Bertz CT molecular complexity index is 1200. The number of benzene rings is 1. The van der Waals surface area contributed by atoms with Crippen molar-refractivity contribution in [2.45, 2.75) is 13.8 Å². The molecular weight excluding hydrogens is 417 g/mol. The van der Waals surface area contributed by atoms with Gasteiger partial charge in [0.15, 0.2) is 5.69 Å². The standard InChI is InChI=1S/C19H16FN3O6S/c1-3-28-18(26)14-10-9-30-16(21-15(24)19(27)29-4-2)13(10)17(25)23(22-14)12-8-6-5-7-11(12)20/h5-9H,3-4H2,1-2H3,(H,21,24). The molecule has 2 heterocycles.